The van der Waals surface area contributed by atoms with Crippen molar-refractivity contribution in [3.8, 4) is 0 Å². The zero-order chi connectivity index (χ0) is 10.1. The Bertz CT molecular complexity index is 196. The smallest absolute Gasteiger partial charge is 0.0815 e. The van der Waals surface area contributed by atoms with E-state index in [4.69, 9.17) is 0 Å². The van der Waals surface area contributed by atoms with Crippen LogP contribution in [-0.2, 0) is 0 Å². The van der Waals surface area contributed by atoms with Crippen molar-refractivity contribution in [2.75, 3.05) is 26.2 Å². The lowest BCUT2D eigenvalue weighted by molar-refractivity contribution is -0.945. The second-order valence-electron chi connectivity index (χ2n) is 6.43. The van der Waals surface area contributed by atoms with Gasteiger partial charge in [0, 0.05) is 5.92 Å². The zero-order valence-electron chi connectivity index (χ0n) is 10.1. The van der Waals surface area contributed by atoms with Gasteiger partial charge >= 0.3 is 0 Å². The highest BCUT2D eigenvalue weighted by molar-refractivity contribution is 4.74. The third-order valence-corrected chi connectivity index (χ3v) is 5.41. The quantitative estimate of drug-likeness (QED) is 0.611. The molecule has 2 bridgehead atoms. The van der Waals surface area contributed by atoms with Crippen LogP contribution in [0.1, 0.15) is 51.4 Å². The average molecular weight is 208 g/mol. The summed E-state index contributed by atoms with van der Waals surface area (Å²) in [4.78, 5) is 0. The first-order chi connectivity index (χ1) is 7.36. The van der Waals surface area contributed by atoms with E-state index < -0.39 is 0 Å². The molecule has 0 amide bonds. The summed E-state index contributed by atoms with van der Waals surface area (Å²) >= 11 is 0. The molecule has 4 aliphatic rings. The Labute approximate surface area is 94.4 Å². The van der Waals surface area contributed by atoms with Crippen LogP contribution in [0.2, 0.25) is 0 Å². The van der Waals surface area contributed by atoms with E-state index in [9.17, 15) is 0 Å². The standard InChI is InChI=1S/C14H26N/c1-2-4-14(5-3-1)12-15-9-6-13(7-10-15)8-11-15/h13-14H,1-12H2/q+1. The van der Waals surface area contributed by atoms with Crippen LogP contribution in [-0.4, -0.2) is 30.7 Å². The van der Waals surface area contributed by atoms with Crippen LogP contribution in [0.25, 0.3) is 0 Å². The van der Waals surface area contributed by atoms with Crippen LogP contribution in [0, 0.1) is 11.8 Å². The fraction of sp³-hybridized carbons (Fsp3) is 1.00. The van der Waals surface area contributed by atoms with Crippen LogP contribution < -0.4 is 0 Å². The number of fused-ring (bicyclic) bond motifs is 3. The summed E-state index contributed by atoms with van der Waals surface area (Å²) in [7, 11) is 0. The van der Waals surface area contributed by atoms with Gasteiger partial charge in [-0.3, -0.25) is 0 Å². The topological polar surface area (TPSA) is 0 Å². The summed E-state index contributed by atoms with van der Waals surface area (Å²) in [6.07, 6.45) is 12.3. The number of piperidine rings is 3. The maximum Gasteiger partial charge on any atom is 0.0815 e. The van der Waals surface area contributed by atoms with Gasteiger partial charge in [-0.05, 0) is 38.0 Å². The molecule has 0 aromatic heterocycles. The monoisotopic (exact) mass is 208 g/mol. The van der Waals surface area contributed by atoms with Gasteiger partial charge in [0.1, 0.15) is 0 Å². The van der Waals surface area contributed by atoms with Gasteiger partial charge in [0.25, 0.3) is 0 Å². The van der Waals surface area contributed by atoms with E-state index in [1.54, 1.807) is 38.6 Å². The summed E-state index contributed by atoms with van der Waals surface area (Å²) in [6.45, 7) is 6.14. The molecule has 3 heterocycles. The van der Waals surface area contributed by atoms with Gasteiger partial charge in [0.05, 0.1) is 26.2 Å². The molecule has 15 heavy (non-hydrogen) atoms. The molecule has 0 radical (unpaired) electrons. The molecule has 0 unspecified atom stereocenters. The SMILES string of the molecule is C1CCC(C[N+]23CCC(CC2)CC3)CC1. The molecule has 3 aliphatic heterocycles. The summed E-state index contributed by atoms with van der Waals surface area (Å²) < 4.78 is 1.53. The summed E-state index contributed by atoms with van der Waals surface area (Å²) in [5.41, 5.74) is 0. The number of hydrogen-bond donors (Lipinski definition) is 0. The number of quaternary nitrogens is 1. The Morgan fingerprint density at radius 2 is 1.33 bits per heavy atom. The summed E-state index contributed by atoms with van der Waals surface area (Å²) in [5.74, 6) is 2.21. The van der Waals surface area contributed by atoms with Crippen molar-refractivity contribution < 1.29 is 4.48 Å². The first-order valence-electron chi connectivity index (χ1n) is 7.21. The van der Waals surface area contributed by atoms with Crippen molar-refractivity contribution in [1.82, 2.24) is 0 Å². The van der Waals surface area contributed by atoms with Gasteiger partial charge in [-0.15, -0.1) is 0 Å². The molecule has 0 aromatic carbocycles. The Hall–Kier alpha value is -0.0400. The van der Waals surface area contributed by atoms with Crippen molar-refractivity contribution in [2.45, 2.75) is 51.4 Å². The third kappa shape index (κ3) is 2.08. The van der Waals surface area contributed by atoms with Crippen molar-refractivity contribution in [2.24, 2.45) is 11.8 Å². The van der Waals surface area contributed by atoms with E-state index in [1.807, 2.05) is 0 Å². The minimum Gasteiger partial charge on any atom is -0.323 e. The van der Waals surface area contributed by atoms with Crippen LogP contribution >= 0.6 is 0 Å². The number of hydrogen-bond acceptors (Lipinski definition) is 0. The molecule has 1 heteroatoms. The van der Waals surface area contributed by atoms with E-state index in [1.165, 1.54) is 43.4 Å². The molecule has 0 N–H and O–H groups in total. The van der Waals surface area contributed by atoms with E-state index in [2.05, 4.69) is 0 Å². The van der Waals surface area contributed by atoms with Crippen LogP contribution in [0.15, 0.2) is 0 Å². The normalized spacial score (nSPS) is 42.0. The largest absolute Gasteiger partial charge is 0.323 e. The first-order valence-corrected chi connectivity index (χ1v) is 7.21. The molecule has 4 fully saturated rings. The average Bonchev–Trinajstić information content (AvgIpc) is 2.32. The van der Waals surface area contributed by atoms with Crippen LogP contribution in [0.4, 0.5) is 0 Å². The van der Waals surface area contributed by atoms with Crippen molar-refractivity contribution in [1.29, 1.82) is 0 Å². The maximum absolute atomic E-state index is 1.55. The third-order valence-electron chi connectivity index (χ3n) is 5.41. The molecule has 0 aromatic rings. The Morgan fingerprint density at radius 3 is 1.93 bits per heavy atom. The van der Waals surface area contributed by atoms with E-state index >= 15 is 0 Å². The predicted molar refractivity (Wildman–Crippen MR) is 63.6 cm³/mol. The maximum atomic E-state index is 1.55. The fourth-order valence-electron chi connectivity index (χ4n) is 4.33. The van der Waals surface area contributed by atoms with E-state index in [-0.39, 0.29) is 0 Å². The highest BCUT2D eigenvalue weighted by atomic mass is 15.4. The summed E-state index contributed by atoms with van der Waals surface area (Å²) in [6, 6.07) is 0. The highest BCUT2D eigenvalue weighted by Gasteiger charge is 2.40. The second kappa shape index (κ2) is 4.08. The Kier molecular flexibility index (Phi) is 2.76. The lowest BCUT2D eigenvalue weighted by Crippen LogP contribution is -2.59. The first kappa shape index (κ1) is 10.1. The van der Waals surface area contributed by atoms with Crippen molar-refractivity contribution in [3.63, 3.8) is 0 Å². The van der Waals surface area contributed by atoms with Crippen molar-refractivity contribution in [3.05, 3.63) is 0 Å². The molecule has 3 saturated heterocycles. The fourth-order valence-corrected chi connectivity index (χ4v) is 4.33. The molecular weight excluding hydrogens is 182 g/mol. The lowest BCUT2D eigenvalue weighted by Gasteiger charge is -2.50. The van der Waals surface area contributed by atoms with Gasteiger partial charge in [-0.1, -0.05) is 19.3 Å². The van der Waals surface area contributed by atoms with Crippen molar-refractivity contribution >= 4 is 0 Å². The number of rotatable bonds is 2. The number of nitrogens with zero attached hydrogens (tertiary/aromatic N) is 1. The minimum absolute atomic E-state index is 1.09. The van der Waals surface area contributed by atoms with Gasteiger partial charge in [0.15, 0.2) is 0 Å². The molecular formula is C14H26N+. The molecule has 86 valence electrons. The molecule has 1 nitrogen and oxygen atoms in total. The molecule has 0 atom stereocenters. The predicted octanol–water partition coefficient (Wildman–Crippen LogP) is 3.20. The minimum atomic E-state index is 1.09. The van der Waals surface area contributed by atoms with E-state index in [0.717, 1.165) is 11.8 Å². The highest BCUT2D eigenvalue weighted by Crippen LogP contribution is 2.36. The zero-order valence-corrected chi connectivity index (χ0v) is 10.1. The Balaban J connectivity index is 1.60. The molecule has 4 rings (SSSR count). The molecule has 1 saturated carbocycles. The van der Waals surface area contributed by atoms with Gasteiger partial charge in [0.2, 0.25) is 0 Å². The van der Waals surface area contributed by atoms with Gasteiger partial charge in [-0.2, -0.15) is 0 Å². The molecule has 0 spiro atoms. The van der Waals surface area contributed by atoms with Crippen LogP contribution in [0.5, 0.6) is 0 Å². The molecule has 1 aliphatic carbocycles. The van der Waals surface area contributed by atoms with Gasteiger partial charge < -0.3 is 4.48 Å². The second-order valence-corrected chi connectivity index (χ2v) is 6.43. The summed E-state index contributed by atoms with van der Waals surface area (Å²) in [5, 5.41) is 0. The Morgan fingerprint density at radius 1 is 0.733 bits per heavy atom. The van der Waals surface area contributed by atoms with Gasteiger partial charge in [-0.25, -0.2) is 0 Å². The van der Waals surface area contributed by atoms with Crippen LogP contribution in [0.3, 0.4) is 0 Å². The lowest BCUT2D eigenvalue weighted by atomic mass is 9.82. The van der Waals surface area contributed by atoms with E-state index in [0.29, 0.717) is 0 Å².